The average molecular weight is 590 g/mol. The molecule has 1 fully saturated rings. The Hall–Kier alpha value is -3.81. The third kappa shape index (κ3) is 5.71. The molecule has 4 rings (SSSR count). The van der Waals surface area contributed by atoms with E-state index >= 15 is 0 Å². The lowest BCUT2D eigenvalue weighted by Crippen LogP contribution is -2.28. The van der Waals surface area contributed by atoms with Crippen molar-refractivity contribution in [2.45, 2.75) is 22.6 Å². The minimum atomic E-state index is -3.95. The van der Waals surface area contributed by atoms with Crippen LogP contribution in [0.15, 0.2) is 70.5 Å². The first-order chi connectivity index (χ1) is 19.0. The molecule has 1 amide bonds. The van der Waals surface area contributed by atoms with Gasteiger partial charge in [-0.05, 0) is 67.4 Å². The van der Waals surface area contributed by atoms with Crippen molar-refractivity contribution in [3.05, 3.63) is 66.2 Å². The highest BCUT2D eigenvalue weighted by molar-refractivity contribution is 7.92. The lowest BCUT2D eigenvalue weighted by atomic mass is 10.2. The number of methoxy groups -OCH3 is 3. The largest absolute Gasteiger partial charge is 0.495 e. The van der Waals surface area contributed by atoms with Gasteiger partial charge >= 0.3 is 0 Å². The van der Waals surface area contributed by atoms with Crippen LogP contribution in [-0.4, -0.2) is 68.5 Å². The van der Waals surface area contributed by atoms with Gasteiger partial charge in [-0.25, -0.2) is 16.8 Å². The van der Waals surface area contributed by atoms with Crippen molar-refractivity contribution in [1.82, 2.24) is 4.31 Å². The molecule has 0 bridgehead atoms. The van der Waals surface area contributed by atoms with Crippen LogP contribution >= 0.6 is 0 Å². The fraction of sp³-hybridized carbons (Fsp3) is 0.296. The van der Waals surface area contributed by atoms with Gasteiger partial charge in [0.15, 0.2) is 11.5 Å². The smallest absolute Gasteiger partial charge is 0.264 e. The number of carbonyl (C=O) groups is 1. The predicted molar refractivity (Wildman–Crippen MR) is 151 cm³/mol. The number of hydrogen-bond acceptors (Lipinski definition) is 8. The van der Waals surface area contributed by atoms with Gasteiger partial charge < -0.3 is 19.5 Å². The average Bonchev–Trinajstić information content (AvgIpc) is 3.52. The molecule has 0 saturated carbocycles. The molecule has 214 valence electrons. The number of carbonyl (C=O) groups excluding carboxylic acids is 1. The van der Waals surface area contributed by atoms with Gasteiger partial charge in [-0.1, -0.05) is 0 Å². The summed E-state index contributed by atoms with van der Waals surface area (Å²) >= 11 is 0. The van der Waals surface area contributed by atoms with E-state index in [1.807, 2.05) is 0 Å². The fourth-order valence-electron chi connectivity index (χ4n) is 4.31. The summed E-state index contributed by atoms with van der Waals surface area (Å²) in [6, 6.07) is 14.6. The molecule has 11 nitrogen and oxygen atoms in total. The number of sulfonamides is 2. The van der Waals surface area contributed by atoms with Gasteiger partial charge in [-0.3, -0.25) is 9.10 Å². The van der Waals surface area contributed by atoms with Crippen LogP contribution in [0.5, 0.6) is 17.2 Å². The first kappa shape index (κ1) is 29.2. The molecule has 3 aromatic rings. The zero-order valence-electron chi connectivity index (χ0n) is 22.6. The second-order valence-electron chi connectivity index (χ2n) is 8.96. The fourth-order valence-corrected chi connectivity index (χ4v) is 7.07. The van der Waals surface area contributed by atoms with Gasteiger partial charge in [0, 0.05) is 31.8 Å². The molecule has 1 N–H and O–H groups in total. The Bertz CT molecular complexity index is 1600. The molecule has 0 unspecified atom stereocenters. The van der Waals surface area contributed by atoms with Crippen molar-refractivity contribution >= 4 is 37.3 Å². The standard InChI is InChI=1S/C27H31N3O8S2/c1-29(39(32,33)22-12-14-25(37-3)26(18-22)38-4)20-9-7-19(8-10-20)27(31)28-23-17-21(11-13-24(23)36-2)40(34,35)30-15-5-6-16-30/h7-14,17-18H,5-6,15-16H2,1-4H3,(H,28,31). The molecule has 0 aliphatic carbocycles. The molecule has 1 aliphatic heterocycles. The Balaban J connectivity index is 1.54. The summed E-state index contributed by atoms with van der Waals surface area (Å²) in [5, 5.41) is 2.70. The van der Waals surface area contributed by atoms with Crippen LogP contribution in [0.25, 0.3) is 0 Å². The molecule has 0 aromatic heterocycles. The molecule has 40 heavy (non-hydrogen) atoms. The van der Waals surface area contributed by atoms with Crippen molar-refractivity contribution in [3.8, 4) is 17.2 Å². The highest BCUT2D eigenvalue weighted by atomic mass is 32.2. The highest BCUT2D eigenvalue weighted by Crippen LogP contribution is 2.33. The minimum Gasteiger partial charge on any atom is -0.495 e. The quantitative estimate of drug-likeness (QED) is 0.380. The molecule has 1 aliphatic rings. The van der Waals surface area contributed by atoms with Crippen molar-refractivity contribution < 1.29 is 35.8 Å². The topological polar surface area (TPSA) is 132 Å². The summed E-state index contributed by atoms with van der Waals surface area (Å²) in [4.78, 5) is 13.1. The highest BCUT2D eigenvalue weighted by Gasteiger charge is 2.28. The number of hydrogen-bond donors (Lipinski definition) is 1. The van der Waals surface area contributed by atoms with E-state index in [2.05, 4.69) is 5.32 Å². The zero-order chi connectivity index (χ0) is 29.1. The van der Waals surface area contributed by atoms with Crippen LogP contribution in [0.3, 0.4) is 0 Å². The van der Waals surface area contributed by atoms with Gasteiger partial charge in [-0.2, -0.15) is 4.31 Å². The molecule has 1 heterocycles. The molecule has 3 aromatic carbocycles. The molecule has 1 saturated heterocycles. The Morgan fingerprint density at radius 3 is 1.95 bits per heavy atom. The van der Waals surface area contributed by atoms with E-state index in [0.29, 0.717) is 30.3 Å². The van der Waals surface area contributed by atoms with Gasteiger partial charge in [0.05, 0.1) is 42.5 Å². The van der Waals surface area contributed by atoms with Gasteiger partial charge in [0.1, 0.15) is 5.75 Å². The molecule has 0 spiro atoms. The third-order valence-electron chi connectivity index (χ3n) is 6.63. The minimum absolute atomic E-state index is 0.00493. The predicted octanol–water partition coefficient (Wildman–Crippen LogP) is 3.57. The van der Waals surface area contributed by atoms with E-state index in [4.69, 9.17) is 14.2 Å². The Morgan fingerprint density at radius 2 is 1.35 bits per heavy atom. The second-order valence-corrected chi connectivity index (χ2v) is 12.9. The number of amides is 1. The Morgan fingerprint density at radius 1 is 0.775 bits per heavy atom. The summed E-state index contributed by atoms with van der Waals surface area (Å²) in [6.07, 6.45) is 1.61. The van der Waals surface area contributed by atoms with Crippen molar-refractivity contribution in [3.63, 3.8) is 0 Å². The number of anilines is 2. The van der Waals surface area contributed by atoms with Crippen LogP contribution in [0.1, 0.15) is 23.2 Å². The second kappa shape index (κ2) is 11.7. The molecular formula is C27H31N3O8S2. The normalized spacial score (nSPS) is 14.0. The van der Waals surface area contributed by atoms with E-state index < -0.39 is 26.0 Å². The van der Waals surface area contributed by atoms with Gasteiger partial charge in [0.25, 0.3) is 15.9 Å². The van der Waals surface area contributed by atoms with Crippen LogP contribution in [0.4, 0.5) is 11.4 Å². The van der Waals surface area contributed by atoms with E-state index in [9.17, 15) is 21.6 Å². The van der Waals surface area contributed by atoms with E-state index in [1.54, 1.807) is 0 Å². The van der Waals surface area contributed by atoms with E-state index in [-0.39, 0.29) is 26.8 Å². The maximum absolute atomic E-state index is 13.2. The van der Waals surface area contributed by atoms with Crippen LogP contribution in [0.2, 0.25) is 0 Å². The van der Waals surface area contributed by atoms with Crippen LogP contribution < -0.4 is 23.8 Å². The summed E-state index contributed by atoms with van der Waals surface area (Å²) in [6.45, 7) is 0.914. The van der Waals surface area contributed by atoms with Gasteiger partial charge in [0.2, 0.25) is 10.0 Å². The number of rotatable bonds is 10. The molecule has 0 atom stereocenters. The van der Waals surface area contributed by atoms with Gasteiger partial charge in [-0.15, -0.1) is 0 Å². The third-order valence-corrected chi connectivity index (χ3v) is 10.3. The summed E-state index contributed by atoms with van der Waals surface area (Å²) in [5.41, 5.74) is 0.753. The lowest BCUT2D eigenvalue weighted by Gasteiger charge is -2.20. The maximum Gasteiger partial charge on any atom is 0.264 e. The molecule has 13 heteroatoms. The molecular weight excluding hydrogens is 558 g/mol. The van der Waals surface area contributed by atoms with Crippen molar-refractivity contribution in [2.75, 3.05) is 51.1 Å². The first-order valence-corrected chi connectivity index (χ1v) is 15.2. The lowest BCUT2D eigenvalue weighted by molar-refractivity contribution is 0.102. The van der Waals surface area contributed by atoms with Crippen LogP contribution in [-0.2, 0) is 20.0 Å². The summed E-state index contributed by atoms with van der Waals surface area (Å²) in [7, 11) is -1.95. The first-order valence-electron chi connectivity index (χ1n) is 12.3. The molecule has 0 radical (unpaired) electrons. The van der Waals surface area contributed by atoms with E-state index in [0.717, 1.165) is 17.1 Å². The maximum atomic E-state index is 13.2. The summed E-state index contributed by atoms with van der Waals surface area (Å²) in [5.74, 6) is 0.448. The summed E-state index contributed by atoms with van der Waals surface area (Å²) < 4.78 is 70.7. The van der Waals surface area contributed by atoms with Crippen molar-refractivity contribution in [2.24, 2.45) is 0 Å². The number of nitrogens with one attached hydrogen (secondary N) is 1. The zero-order valence-corrected chi connectivity index (χ0v) is 24.2. The number of benzene rings is 3. The number of ether oxygens (including phenoxy) is 3. The number of nitrogens with zero attached hydrogens (tertiary/aromatic N) is 2. The van der Waals surface area contributed by atoms with E-state index in [1.165, 1.54) is 93.3 Å². The van der Waals surface area contributed by atoms with Crippen molar-refractivity contribution in [1.29, 1.82) is 0 Å². The SMILES string of the molecule is COc1ccc(S(=O)(=O)N2CCCC2)cc1NC(=O)c1ccc(N(C)S(=O)(=O)c2ccc(OC)c(OC)c2)cc1. The van der Waals surface area contributed by atoms with Crippen LogP contribution in [0, 0.1) is 0 Å². The Kier molecular flexibility index (Phi) is 8.57. The Labute approximate surface area is 234 Å². The monoisotopic (exact) mass is 589 g/mol.